The van der Waals surface area contributed by atoms with E-state index in [4.69, 9.17) is 5.73 Å². The molecule has 4 rings (SSSR count). The maximum Gasteiger partial charge on any atom is 0.417 e. The van der Waals surface area contributed by atoms with Gasteiger partial charge in [0.1, 0.15) is 17.5 Å². The van der Waals surface area contributed by atoms with E-state index in [1.54, 1.807) is 17.6 Å². The Hall–Kier alpha value is -3.45. The van der Waals surface area contributed by atoms with E-state index in [1.807, 2.05) is 0 Å². The summed E-state index contributed by atoms with van der Waals surface area (Å²) in [5.74, 6) is -0.262. The lowest BCUT2D eigenvalue weighted by atomic mass is 9.93. The van der Waals surface area contributed by atoms with E-state index in [2.05, 4.69) is 9.97 Å². The van der Waals surface area contributed by atoms with Crippen molar-refractivity contribution in [3.05, 3.63) is 57.3 Å². The first kappa shape index (κ1) is 17.0. The second kappa shape index (κ2) is 5.78. The normalized spacial score (nSPS) is 11.8. The van der Waals surface area contributed by atoms with Crippen LogP contribution in [0.15, 0.2) is 40.6 Å². The molecule has 0 unspecified atom stereocenters. The SMILES string of the molecule is N#Cc1c(N)nc2c(c1-c1ccccc1C(F)(F)F)c(=O)nc1sccn12. The molecule has 0 atom stereocenters. The molecule has 0 bridgehead atoms. The number of benzene rings is 1. The highest BCUT2D eigenvalue weighted by Gasteiger charge is 2.35. The highest BCUT2D eigenvalue weighted by atomic mass is 32.1. The van der Waals surface area contributed by atoms with Crippen LogP contribution in [-0.4, -0.2) is 14.4 Å². The number of hydrogen-bond acceptors (Lipinski definition) is 6. The maximum absolute atomic E-state index is 13.5. The molecule has 0 aliphatic rings. The molecule has 1 aromatic carbocycles. The Balaban J connectivity index is 2.29. The smallest absolute Gasteiger partial charge is 0.383 e. The third-order valence-electron chi connectivity index (χ3n) is 4.05. The zero-order chi connectivity index (χ0) is 19.3. The second-order valence-corrected chi connectivity index (χ2v) is 6.45. The average Bonchev–Trinajstić information content (AvgIpc) is 3.08. The third-order valence-corrected chi connectivity index (χ3v) is 4.81. The van der Waals surface area contributed by atoms with Crippen molar-refractivity contribution in [2.75, 3.05) is 5.73 Å². The zero-order valence-corrected chi connectivity index (χ0v) is 14.1. The van der Waals surface area contributed by atoms with Gasteiger partial charge in [-0.3, -0.25) is 9.20 Å². The maximum atomic E-state index is 13.5. The fraction of sp³-hybridized carbons (Fsp3) is 0.0588. The van der Waals surface area contributed by atoms with E-state index < -0.39 is 17.3 Å². The minimum Gasteiger partial charge on any atom is -0.383 e. The lowest BCUT2D eigenvalue weighted by Gasteiger charge is -2.16. The first-order chi connectivity index (χ1) is 12.8. The van der Waals surface area contributed by atoms with Gasteiger partial charge in [-0.2, -0.15) is 23.4 Å². The zero-order valence-electron chi connectivity index (χ0n) is 13.3. The minimum atomic E-state index is -4.69. The Morgan fingerprint density at radius 2 is 1.96 bits per heavy atom. The number of alkyl halides is 3. The quantitative estimate of drug-likeness (QED) is 0.540. The molecule has 10 heteroatoms. The summed E-state index contributed by atoms with van der Waals surface area (Å²) < 4.78 is 42.1. The largest absolute Gasteiger partial charge is 0.417 e. The second-order valence-electron chi connectivity index (χ2n) is 5.57. The lowest BCUT2D eigenvalue weighted by molar-refractivity contribution is -0.137. The van der Waals surface area contributed by atoms with Crippen molar-refractivity contribution in [1.29, 1.82) is 5.26 Å². The standard InChI is InChI=1S/C17H8F3N5OS/c18-17(19,20)10-4-2-1-3-8(10)11-9(7-21)13(22)23-14-12(11)15(26)24-16-25(14)5-6-27-16/h1-6H,(H2,22,23). The molecule has 6 nitrogen and oxygen atoms in total. The summed E-state index contributed by atoms with van der Waals surface area (Å²) in [5.41, 5.74) is 3.31. The van der Waals surface area contributed by atoms with Crippen molar-refractivity contribution in [2.24, 2.45) is 0 Å². The van der Waals surface area contributed by atoms with Crippen molar-refractivity contribution in [2.45, 2.75) is 6.18 Å². The van der Waals surface area contributed by atoms with Gasteiger partial charge in [-0.15, -0.1) is 11.3 Å². The molecule has 134 valence electrons. The molecule has 0 radical (unpaired) electrons. The summed E-state index contributed by atoms with van der Waals surface area (Å²) in [6, 6.07) is 6.47. The molecule has 0 saturated carbocycles. The monoisotopic (exact) mass is 387 g/mol. The number of halogens is 3. The van der Waals surface area contributed by atoms with Crippen LogP contribution < -0.4 is 11.3 Å². The summed E-state index contributed by atoms with van der Waals surface area (Å²) >= 11 is 1.17. The van der Waals surface area contributed by atoms with Gasteiger partial charge in [-0.25, -0.2) is 4.98 Å². The summed E-state index contributed by atoms with van der Waals surface area (Å²) in [5, 5.41) is 11.0. The van der Waals surface area contributed by atoms with Gasteiger partial charge in [0.15, 0.2) is 10.6 Å². The topological polar surface area (TPSA) is 97.1 Å². The van der Waals surface area contributed by atoms with Gasteiger partial charge in [0.05, 0.1) is 10.9 Å². The van der Waals surface area contributed by atoms with Crippen molar-refractivity contribution >= 4 is 33.1 Å². The molecule has 0 aliphatic heterocycles. The number of nitriles is 1. The van der Waals surface area contributed by atoms with Crippen LogP contribution in [0.3, 0.4) is 0 Å². The van der Waals surface area contributed by atoms with E-state index in [-0.39, 0.29) is 33.5 Å². The molecule has 27 heavy (non-hydrogen) atoms. The predicted molar refractivity (Wildman–Crippen MR) is 94.2 cm³/mol. The average molecular weight is 387 g/mol. The number of nitrogens with zero attached hydrogens (tertiary/aromatic N) is 4. The molecule has 0 aliphatic carbocycles. The van der Waals surface area contributed by atoms with E-state index in [0.717, 1.165) is 6.07 Å². The molecule has 3 aromatic heterocycles. The fourth-order valence-corrected chi connectivity index (χ4v) is 3.66. The van der Waals surface area contributed by atoms with Crippen LogP contribution in [0.5, 0.6) is 0 Å². The minimum absolute atomic E-state index is 0.0507. The first-order valence-corrected chi connectivity index (χ1v) is 8.36. The summed E-state index contributed by atoms with van der Waals surface area (Å²) in [6.45, 7) is 0. The van der Waals surface area contributed by atoms with Crippen LogP contribution in [0.1, 0.15) is 11.1 Å². The fourth-order valence-electron chi connectivity index (χ4n) is 2.96. The Labute approximate surface area is 152 Å². The van der Waals surface area contributed by atoms with Gasteiger partial charge >= 0.3 is 6.18 Å². The van der Waals surface area contributed by atoms with Crippen LogP contribution in [0.4, 0.5) is 19.0 Å². The van der Waals surface area contributed by atoms with Crippen molar-refractivity contribution in [1.82, 2.24) is 14.4 Å². The number of nitrogen functional groups attached to an aromatic ring is 1. The Morgan fingerprint density at radius 1 is 1.22 bits per heavy atom. The number of fused-ring (bicyclic) bond motifs is 3. The van der Waals surface area contributed by atoms with E-state index in [0.29, 0.717) is 4.96 Å². The highest BCUT2D eigenvalue weighted by molar-refractivity contribution is 7.15. The number of aromatic nitrogens is 3. The molecule has 2 N–H and O–H groups in total. The molecule has 3 heterocycles. The number of rotatable bonds is 1. The Kier molecular flexibility index (Phi) is 3.64. The van der Waals surface area contributed by atoms with Gasteiger partial charge in [-0.05, 0) is 11.6 Å². The number of thiazole rings is 1. The van der Waals surface area contributed by atoms with Crippen molar-refractivity contribution in [3.63, 3.8) is 0 Å². The van der Waals surface area contributed by atoms with Crippen LogP contribution in [0, 0.1) is 11.3 Å². The van der Waals surface area contributed by atoms with E-state index >= 15 is 0 Å². The molecule has 0 saturated heterocycles. The molecule has 0 spiro atoms. The lowest BCUT2D eigenvalue weighted by Crippen LogP contribution is -2.15. The molecular weight excluding hydrogens is 379 g/mol. The summed E-state index contributed by atoms with van der Waals surface area (Å²) in [4.78, 5) is 20.9. The van der Waals surface area contributed by atoms with E-state index in [1.165, 1.54) is 33.9 Å². The molecular formula is C17H8F3N5OS. The number of pyridine rings is 1. The van der Waals surface area contributed by atoms with Crippen LogP contribution in [0.25, 0.3) is 27.1 Å². The summed E-state index contributed by atoms with van der Waals surface area (Å²) in [7, 11) is 0. The number of anilines is 1. The number of hydrogen-bond donors (Lipinski definition) is 1. The van der Waals surface area contributed by atoms with Crippen molar-refractivity contribution < 1.29 is 13.2 Å². The molecule has 0 amide bonds. The molecule has 0 fully saturated rings. The van der Waals surface area contributed by atoms with Gasteiger partial charge < -0.3 is 5.73 Å². The van der Waals surface area contributed by atoms with Crippen molar-refractivity contribution in [3.8, 4) is 17.2 Å². The van der Waals surface area contributed by atoms with Crippen LogP contribution >= 0.6 is 11.3 Å². The predicted octanol–water partition coefficient (Wildman–Crippen LogP) is 3.44. The van der Waals surface area contributed by atoms with Crippen LogP contribution in [0.2, 0.25) is 0 Å². The van der Waals surface area contributed by atoms with Gasteiger partial charge in [-0.1, -0.05) is 18.2 Å². The Morgan fingerprint density at radius 3 is 2.67 bits per heavy atom. The van der Waals surface area contributed by atoms with E-state index in [9.17, 15) is 23.2 Å². The van der Waals surface area contributed by atoms with Gasteiger partial charge in [0.2, 0.25) is 0 Å². The number of nitrogens with two attached hydrogens (primary N) is 1. The molecule has 4 aromatic rings. The van der Waals surface area contributed by atoms with Gasteiger partial charge in [0, 0.05) is 17.1 Å². The Bertz CT molecular complexity index is 1320. The first-order valence-electron chi connectivity index (χ1n) is 7.48. The summed E-state index contributed by atoms with van der Waals surface area (Å²) in [6.07, 6.45) is -3.11. The van der Waals surface area contributed by atoms with Gasteiger partial charge in [0.25, 0.3) is 5.56 Å². The van der Waals surface area contributed by atoms with Crippen LogP contribution in [-0.2, 0) is 6.18 Å². The highest BCUT2D eigenvalue weighted by Crippen LogP contribution is 2.41. The third kappa shape index (κ3) is 2.51.